The fourth-order valence-corrected chi connectivity index (χ4v) is 4.27. The average molecular weight is 323 g/mol. The zero-order valence-corrected chi connectivity index (χ0v) is 13.0. The lowest BCUT2D eigenvalue weighted by molar-refractivity contribution is 0.196. The molecule has 0 atom stereocenters. The minimum absolute atomic E-state index is 0.0895. The first-order chi connectivity index (χ1) is 8.96. The third kappa shape index (κ3) is 3.06. The molecule has 1 aliphatic rings. The summed E-state index contributed by atoms with van der Waals surface area (Å²) < 4.78 is 26.5. The Hall–Kier alpha value is -0.330. The molecule has 0 radical (unpaired) electrons. The zero-order chi connectivity index (χ0) is 14.0. The number of hydrogen-bond acceptors (Lipinski definition) is 3. The van der Waals surface area contributed by atoms with E-state index in [0.29, 0.717) is 13.1 Å². The van der Waals surface area contributed by atoms with Crippen LogP contribution in [0.5, 0.6) is 0 Å². The Kier molecular flexibility index (Phi) is 4.74. The number of benzene rings is 1. The molecule has 1 aliphatic heterocycles. The van der Waals surface area contributed by atoms with Crippen molar-refractivity contribution in [1.82, 2.24) is 9.21 Å². The Morgan fingerprint density at radius 3 is 2.37 bits per heavy atom. The summed E-state index contributed by atoms with van der Waals surface area (Å²) in [6.45, 7) is 5.46. The summed E-state index contributed by atoms with van der Waals surface area (Å²) in [5.41, 5.74) is 0. The summed E-state index contributed by atoms with van der Waals surface area (Å²) in [6.07, 6.45) is 0. The molecule has 106 valence electrons. The molecular formula is C12H16Cl2N2O2S. The van der Waals surface area contributed by atoms with E-state index in [4.69, 9.17) is 23.2 Å². The highest BCUT2D eigenvalue weighted by atomic mass is 35.5. The molecule has 0 spiro atoms. The first-order valence-corrected chi connectivity index (χ1v) is 8.33. The van der Waals surface area contributed by atoms with Crippen molar-refractivity contribution in [1.29, 1.82) is 0 Å². The summed E-state index contributed by atoms with van der Waals surface area (Å²) in [5.74, 6) is 0. The molecule has 0 saturated carbocycles. The lowest BCUT2D eigenvalue weighted by Crippen LogP contribution is -2.48. The predicted octanol–water partition coefficient (Wildman–Crippen LogP) is 2.32. The van der Waals surface area contributed by atoms with Crippen molar-refractivity contribution in [3.8, 4) is 0 Å². The van der Waals surface area contributed by atoms with E-state index in [1.54, 1.807) is 12.1 Å². The molecule has 1 aromatic carbocycles. The number of rotatable bonds is 3. The molecule has 2 rings (SSSR count). The summed E-state index contributed by atoms with van der Waals surface area (Å²) in [5, 5.41) is 0.358. The van der Waals surface area contributed by atoms with Crippen molar-refractivity contribution in [2.75, 3.05) is 32.7 Å². The van der Waals surface area contributed by atoms with Crippen molar-refractivity contribution in [2.24, 2.45) is 0 Å². The predicted molar refractivity (Wildman–Crippen MR) is 77.3 cm³/mol. The molecule has 19 heavy (non-hydrogen) atoms. The summed E-state index contributed by atoms with van der Waals surface area (Å²) in [6, 6.07) is 4.68. The molecule has 4 nitrogen and oxygen atoms in total. The van der Waals surface area contributed by atoms with Gasteiger partial charge in [0.2, 0.25) is 10.0 Å². The number of nitrogens with zero attached hydrogens (tertiary/aromatic N) is 2. The van der Waals surface area contributed by atoms with Gasteiger partial charge in [-0.3, -0.25) is 0 Å². The van der Waals surface area contributed by atoms with Crippen molar-refractivity contribution in [3.05, 3.63) is 28.2 Å². The minimum Gasteiger partial charge on any atom is -0.301 e. The standard InChI is InChI=1S/C12H16Cl2N2O2S/c1-2-15-6-8-16(9-7-15)19(17,18)11-5-3-4-10(13)12(11)14/h3-5H,2,6-9H2,1H3. The van der Waals surface area contributed by atoms with Crippen LogP contribution in [-0.4, -0.2) is 50.3 Å². The molecular weight excluding hydrogens is 307 g/mol. The Morgan fingerprint density at radius 1 is 1.16 bits per heavy atom. The zero-order valence-electron chi connectivity index (χ0n) is 10.6. The largest absolute Gasteiger partial charge is 0.301 e. The van der Waals surface area contributed by atoms with Crippen LogP contribution in [0.3, 0.4) is 0 Å². The van der Waals surface area contributed by atoms with Gasteiger partial charge in [0, 0.05) is 26.2 Å². The SMILES string of the molecule is CCN1CCN(S(=O)(=O)c2cccc(Cl)c2Cl)CC1. The van der Waals surface area contributed by atoms with E-state index in [2.05, 4.69) is 11.8 Å². The maximum atomic E-state index is 12.5. The molecule has 1 saturated heterocycles. The Balaban J connectivity index is 2.26. The van der Waals surface area contributed by atoms with Crippen LogP contribution in [0.25, 0.3) is 0 Å². The number of sulfonamides is 1. The van der Waals surface area contributed by atoms with Gasteiger partial charge in [0.1, 0.15) is 4.90 Å². The Morgan fingerprint density at radius 2 is 1.79 bits per heavy atom. The topological polar surface area (TPSA) is 40.6 Å². The van der Waals surface area contributed by atoms with Gasteiger partial charge >= 0.3 is 0 Å². The van der Waals surface area contributed by atoms with E-state index >= 15 is 0 Å². The van der Waals surface area contributed by atoms with Gasteiger partial charge in [-0.05, 0) is 18.7 Å². The third-order valence-electron chi connectivity index (χ3n) is 3.31. The van der Waals surface area contributed by atoms with Crippen LogP contribution >= 0.6 is 23.2 Å². The highest BCUT2D eigenvalue weighted by molar-refractivity contribution is 7.89. The van der Waals surface area contributed by atoms with Crippen LogP contribution < -0.4 is 0 Å². The fraction of sp³-hybridized carbons (Fsp3) is 0.500. The van der Waals surface area contributed by atoms with Crippen molar-refractivity contribution < 1.29 is 8.42 Å². The second kappa shape index (κ2) is 5.97. The lowest BCUT2D eigenvalue weighted by atomic mass is 10.4. The highest BCUT2D eigenvalue weighted by Gasteiger charge is 2.30. The molecule has 0 unspecified atom stereocenters. The molecule has 1 heterocycles. The van der Waals surface area contributed by atoms with Gasteiger partial charge in [-0.15, -0.1) is 0 Å². The van der Waals surface area contributed by atoms with Gasteiger partial charge < -0.3 is 4.90 Å². The summed E-state index contributed by atoms with van der Waals surface area (Å²) in [7, 11) is -3.56. The van der Waals surface area contributed by atoms with E-state index in [1.165, 1.54) is 10.4 Å². The molecule has 7 heteroatoms. The third-order valence-corrected chi connectivity index (χ3v) is 6.18. The number of halogens is 2. The van der Waals surface area contributed by atoms with E-state index in [-0.39, 0.29) is 14.9 Å². The minimum atomic E-state index is -3.56. The first-order valence-electron chi connectivity index (χ1n) is 6.13. The molecule has 1 fully saturated rings. The summed E-state index contributed by atoms with van der Waals surface area (Å²) in [4.78, 5) is 2.30. The lowest BCUT2D eigenvalue weighted by Gasteiger charge is -2.33. The van der Waals surface area contributed by atoms with Crippen LogP contribution in [0.15, 0.2) is 23.1 Å². The summed E-state index contributed by atoms with van der Waals surface area (Å²) >= 11 is 11.9. The fourth-order valence-electron chi connectivity index (χ4n) is 2.11. The number of piperazine rings is 1. The van der Waals surface area contributed by atoms with Gasteiger partial charge in [0.15, 0.2) is 0 Å². The van der Waals surface area contributed by atoms with Crippen LogP contribution in [0.2, 0.25) is 10.0 Å². The van der Waals surface area contributed by atoms with Crippen LogP contribution in [0, 0.1) is 0 Å². The van der Waals surface area contributed by atoms with Gasteiger partial charge in [0.25, 0.3) is 0 Å². The van der Waals surface area contributed by atoms with Gasteiger partial charge in [0.05, 0.1) is 10.0 Å². The van der Waals surface area contributed by atoms with Crippen molar-refractivity contribution in [3.63, 3.8) is 0 Å². The Labute approximate surface area is 124 Å². The van der Waals surface area contributed by atoms with Gasteiger partial charge in [-0.1, -0.05) is 36.2 Å². The van der Waals surface area contributed by atoms with E-state index in [1.807, 2.05) is 0 Å². The van der Waals surface area contributed by atoms with Crippen LogP contribution in [-0.2, 0) is 10.0 Å². The van der Waals surface area contributed by atoms with Gasteiger partial charge in [-0.25, -0.2) is 8.42 Å². The number of likely N-dealkylation sites (N-methyl/N-ethyl adjacent to an activating group) is 1. The quantitative estimate of drug-likeness (QED) is 0.857. The van der Waals surface area contributed by atoms with E-state index < -0.39 is 10.0 Å². The Bertz CT molecular complexity index is 555. The molecule has 0 amide bonds. The highest BCUT2D eigenvalue weighted by Crippen LogP contribution is 2.31. The van der Waals surface area contributed by atoms with Crippen molar-refractivity contribution >= 4 is 33.2 Å². The smallest absolute Gasteiger partial charge is 0.244 e. The normalized spacial score (nSPS) is 18.7. The molecule has 0 bridgehead atoms. The maximum Gasteiger partial charge on any atom is 0.244 e. The second-order valence-electron chi connectivity index (χ2n) is 4.39. The molecule has 0 aliphatic carbocycles. The molecule has 1 aromatic rings. The van der Waals surface area contributed by atoms with E-state index in [0.717, 1.165) is 19.6 Å². The van der Waals surface area contributed by atoms with Crippen LogP contribution in [0.4, 0.5) is 0 Å². The monoisotopic (exact) mass is 322 g/mol. The van der Waals surface area contributed by atoms with Gasteiger partial charge in [-0.2, -0.15) is 4.31 Å². The number of hydrogen-bond donors (Lipinski definition) is 0. The molecule has 0 N–H and O–H groups in total. The van der Waals surface area contributed by atoms with Crippen molar-refractivity contribution in [2.45, 2.75) is 11.8 Å². The van der Waals surface area contributed by atoms with E-state index in [9.17, 15) is 8.42 Å². The first kappa shape index (κ1) is 15.1. The van der Waals surface area contributed by atoms with Crippen LogP contribution in [0.1, 0.15) is 6.92 Å². The average Bonchev–Trinajstić information content (AvgIpc) is 2.41. The molecule has 0 aromatic heterocycles. The second-order valence-corrected chi connectivity index (χ2v) is 7.08. The maximum absolute atomic E-state index is 12.5.